The monoisotopic (exact) mass is 2000 g/mol. The number of ether oxygens (including phenoxy) is 4. The smallest absolute Gasteiger partial charge is 0.348 e. The second-order valence-electron chi connectivity index (χ2n) is 40.8. The highest BCUT2D eigenvalue weighted by atomic mass is 16.5. The summed E-state index contributed by atoms with van der Waals surface area (Å²) in [7, 11) is 0. The lowest BCUT2D eigenvalue weighted by molar-refractivity contribution is -0.120. The molecule has 10 aliphatic rings. The van der Waals surface area contributed by atoms with E-state index in [1.165, 1.54) is 144 Å². The lowest BCUT2D eigenvalue weighted by Gasteiger charge is -2.35. The Bertz CT molecular complexity index is 6070. The number of carbonyl (C=O) groups excluding carboxylic acids is 5. The third kappa shape index (κ3) is 29.4. The van der Waals surface area contributed by atoms with Gasteiger partial charge in [-0.15, -0.1) is 0 Å². The maximum atomic E-state index is 12.7. The molecule has 35 heteroatoms. The van der Waals surface area contributed by atoms with Crippen molar-refractivity contribution in [3.05, 3.63) is 215 Å². The summed E-state index contributed by atoms with van der Waals surface area (Å²) in [5, 5.41) is 0. The van der Waals surface area contributed by atoms with Crippen LogP contribution in [0.15, 0.2) is 126 Å². The molecule has 5 fully saturated rings. The van der Waals surface area contributed by atoms with Gasteiger partial charge in [0.15, 0.2) is 28.9 Å². The number of nitrogens with one attached hydrogen (secondary N) is 1. The molecule has 0 spiro atoms. The summed E-state index contributed by atoms with van der Waals surface area (Å²) < 4.78 is 23.0. The maximum Gasteiger partial charge on any atom is 0.348 e. The number of H-pyrrole nitrogens is 1. The molecule has 10 aromatic rings. The van der Waals surface area contributed by atoms with Crippen molar-refractivity contribution in [3.8, 4) is 24.0 Å². The van der Waals surface area contributed by atoms with Gasteiger partial charge in [0.1, 0.15) is 58.2 Å². The summed E-state index contributed by atoms with van der Waals surface area (Å²) in [6.45, 7) is 36.0. The third-order valence-electron chi connectivity index (χ3n) is 28.6. The van der Waals surface area contributed by atoms with Crippen LogP contribution in [0.3, 0.4) is 0 Å². The molecule has 0 aliphatic carbocycles. The van der Waals surface area contributed by atoms with Gasteiger partial charge in [0.05, 0.1) is 57.6 Å². The van der Waals surface area contributed by atoms with E-state index in [0.29, 0.717) is 146 Å². The van der Waals surface area contributed by atoms with Crippen LogP contribution in [0.25, 0.3) is 0 Å². The molecule has 20 rings (SSSR count). The van der Waals surface area contributed by atoms with Gasteiger partial charge < -0.3 is 72.1 Å². The van der Waals surface area contributed by atoms with E-state index in [1.807, 2.05) is 64.3 Å². The van der Waals surface area contributed by atoms with E-state index in [9.17, 15) is 28.8 Å². The van der Waals surface area contributed by atoms with Gasteiger partial charge in [-0.25, -0.2) is 4.79 Å². The maximum absolute atomic E-state index is 12.7. The topological polar surface area (TPSA) is 434 Å². The largest absolute Gasteiger partial charge is 0.464 e. The molecule has 782 valence electrons. The number of carbonyl (C=O) groups is 5. The molecule has 5 aromatic heterocycles. The number of likely N-dealkylation sites (tertiary alicyclic amines) is 5. The van der Waals surface area contributed by atoms with Gasteiger partial charge in [-0.05, 0) is 232 Å². The Morgan fingerprint density at radius 2 is 0.626 bits per heavy atom. The van der Waals surface area contributed by atoms with Crippen molar-refractivity contribution in [2.75, 3.05) is 158 Å². The minimum absolute atomic E-state index is 0.0178. The number of hydrogen-bond acceptors (Lipinski definition) is 34. The first-order chi connectivity index (χ1) is 71.3. The van der Waals surface area contributed by atoms with Crippen molar-refractivity contribution < 1.29 is 42.9 Å². The molecule has 0 bridgehead atoms. The van der Waals surface area contributed by atoms with Gasteiger partial charge in [0.25, 0.3) is 0 Å². The first kappa shape index (κ1) is 106. The number of fused-ring (bicyclic) bond motifs is 5. The number of anilines is 10. The second-order valence-corrected chi connectivity index (χ2v) is 40.8. The number of aromatic nitrogens is 10. The Kier molecular flexibility index (Phi) is 37.2. The highest BCUT2D eigenvalue weighted by Gasteiger charge is 2.37. The summed E-state index contributed by atoms with van der Waals surface area (Å²) in [5.41, 5.74) is 45.8. The van der Waals surface area contributed by atoms with Gasteiger partial charge in [-0.3, -0.25) is 53.5 Å². The molecule has 147 heavy (non-hydrogen) atoms. The van der Waals surface area contributed by atoms with Crippen LogP contribution < -0.4 is 77.8 Å². The molecular weight excluding hydrogens is 1860 g/mol. The highest BCUT2D eigenvalue weighted by Crippen LogP contribution is 2.39. The SMILES string of the molecule is CCCCOc1nc(N)c2c(n1)N(Cc1cccc(CN3CCCC3)c1)C(C)C(=O)C2.CCC[C@@H](C)Oc1nc(N)c2c(n1)N(Cc1ccc(CN3CCCC3)cc1)CC(=O)C2.CCC[C@H](C)Oc1nc(N)c2c(n1)N(Cc1ccc(CN3CCCC3)cc1)CC(=O)C2.CCOc1nc(N)c2c(n1)N(Cc1cccc(CN3CCCC3)c1)CC(=O)C2.Nc1[nH]c(=O)nc2c1CC(=O)CN2Cc1cccc(CN2CCCC2)c1. The number of ketones is 5. The van der Waals surface area contributed by atoms with Gasteiger partial charge in [0.2, 0.25) is 0 Å². The number of nitrogen functional groups attached to an aromatic ring is 5. The minimum Gasteiger partial charge on any atom is -0.464 e. The molecule has 5 saturated heterocycles. The number of unbranched alkanes of at least 4 members (excludes halogenated alkanes) is 1. The Labute approximate surface area is 863 Å². The Hall–Kier alpha value is -13.4. The van der Waals surface area contributed by atoms with E-state index in [1.54, 1.807) is 0 Å². The van der Waals surface area contributed by atoms with Crippen LogP contribution in [0.1, 0.15) is 235 Å². The summed E-state index contributed by atoms with van der Waals surface area (Å²) in [4.78, 5) is 138. The van der Waals surface area contributed by atoms with Crippen LogP contribution in [0.2, 0.25) is 0 Å². The van der Waals surface area contributed by atoms with Gasteiger partial charge in [-0.2, -0.15) is 44.9 Å². The fourth-order valence-electron chi connectivity index (χ4n) is 21.1. The zero-order chi connectivity index (χ0) is 103. The average molecular weight is 2010 g/mol. The lowest BCUT2D eigenvalue weighted by atomic mass is 9.97. The van der Waals surface area contributed by atoms with Crippen LogP contribution in [-0.4, -0.2) is 226 Å². The quantitative estimate of drug-likeness (QED) is 0.0204. The van der Waals surface area contributed by atoms with Crippen molar-refractivity contribution in [2.24, 2.45) is 0 Å². The van der Waals surface area contributed by atoms with Crippen molar-refractivity contribution in [1.29, 1.82) is 0 Å². The number of nitrogens with zero attached hydrogens (tertiary/aromatic N) is 19. The first-order valence-corrected chi connectivity index (χ1v) is 53.3. The number of aromatic amines is 1. The minimum atomic E-state index is -0.483. The molecule has 0 amide bonds. The van der Waals surface area contributed by atoms with E-state index in [-0.39, 0.29) is 110 Å². The standard InChI is InChI=1S/3C24H33N5O2.C21H27N5O2.C19H23N5O2/c2*1-3-6-17(2)31-24-26-22(25)21-13-20(30)16-29(23(21)27-24)15-19-9-7-18(8-10-19)14-28-11-4-5-12-28;1-3-4-12-31-24-26-22(25)20-14-21(30)17(2)29(23(20)27-24)16-19-9-7-8-18(13-19)15-28-10-5-6-11-28;1-2-28-21-23-19(22)18-11-17(27)14-26(20(18)24-21)13-16-7-5-6-15(10-16)12-25-8-3-4-9-25;20-17-16-9-15(25)12-24(18(16)22-19(26)21-17)11-14-5-3-4-13(8-14)10-23-6-1-2-7-23/h2*7-10,17H,3-6,11-16H2,1-2H3,(H2,25,26,27);7-9,13,17H,3-6,10-12,14-16H2,1-2H3,(H2,25,26,27);5-7,10H,2-4,8-9,11-14H2,1H3,(H2,22,23,24);3-5,8H,1-2,6-7,9-12H2,(H3,20,21,22,26)/t2*17-;;;/m10.../s1. The number of nitrogens with two attached hydrogens (primary N) is 5. The molecule has 5 aromatic carbocycles. The lowest BCUT2D eigenvalue weighted by Crippen LogP contribution is -2.44. The Morgan fingerprint density at radius 1 is 0.333 bits per heavy atom. The van der Waals surface area contributed by atoms with E-state index in [0.717, 1.165) is 118 Å². The number of rotatable bonds is 34. The fourth-order valence-corrected chi connectivity index (χ4v) is 21.1. The van der Waals surface area contributed by atoms with Crippen molar-refractivity contribution in [3.63, 3.8) is 0 Å². The predicted molar refractivity (Wildman–Crippen MR) is 575 cm³/mol. The van der Waals surface area contributed by atoms with Gasteiger partial charge in [-0.1, -0.05) is 161 Å². The van der Waals surface area contributed by atoms with Gasteiger partial charge in [0, 0.05) is 125 Å². The summed E-state index contributed by atoms with van der Waals surface area (Å²) >= 11 is 0. The molecule has 1 unspecified atom stereocenters. The fraction of sp³-hybridized carbons (Fsp3) is 0.509. The van der Waals surface area contributed by atoms with Crippen LogP contribution in [-0.2, 0) is 122 Å². The summed E-state index contributed by atoms with van der Waals surface area (Å²) in [6, 6.07) is 43.8. The van der Waals surface area contributed by atoms with Crippen molar-refractivity contribution >= 4 is 87.1 Å². The molecule has 15 heterocycles. The Morgan fingerprint density at radius 3 is 0.980 bits per heavy atom. The van der Waals surface area contributed by atoms with E-state index in [4.69, 9.17) is 47.6 Å². The zero-order valence-electron chi connectivity index (χ0n) is 87.0. The van der Waals surface area contributed by atoms with Crippen molar-refractivity contribution in [1.82, 2.24) is 74.3 Å². The van der Waals surface area contributed by atoms with Crippen LogP contribution >= 0.6 is 0 Å². The summed E-state index contributed by atoms with van der Waals surface area (Å²) in [5.74, 6) is 5.54. The molecule has 35 nitrogen and oxygen atoms in total. The highest BCUT2D eigenvalue weighted by molar-refractivity contribution is 5.95. The van der Waals surface area contributed by atoms with Gasteiger partial charge >= 0.3 is 29.7 Å². The van der Waals surface area contributed by atoms with Crippen LogP contribution in [0.5, 0.6) is 24.0 Å². The molecule has 11 N–H and O–H groups in total. The van der Waals surface area contributed by atoms with E-state index < -0.39 is 5.69 Å². The summed E-state index contributed by atoms with van der Waals surface area (Å²) in [6.07, 6.45) is 20.1. The number of hydrogen-bond donors (Lipinski definition) is 6. The van der Waals surface area contributed by atoms with Crippen LogP contribution in [0, 0.1) is 0 Å². The van der Waals surface area contributed by atoms with E-state index >= 15 is 0 Å². The molecule has 0 radical (unpaired) electrons. The molecule has 3 atom stereocenters. The average Bonchev–Trinajstić information content (AvgIpc) is 1.41. The number of benzene rings is 5. The second kappa shape index (κ2) is 51.3. The molecule has 0 saturated carbocycles. The third-order valence-corrected chi connectivity index (χ3v) is 28.6. The van der Waals surface area contributed by atoms with Crippen LogP contribution in [0.4, 0.5) is 58.2 Å². The zero-order valence-corrected chi connectivity index (χ0v) is 87.0. The normalized spacial score (nSPS) is 17.8. The first-order valence-electron chi connectivity index (χ1n) is 53.3. The predicted octanol–water partition coefficient (Wildman–Crippen LogP) is 13.3. The van der Waals surface area contributed by atoms with Crippen molar-refractivity contribution in [2.45, 2.75) is 267 Å². The van der Waals surface area contributed by atoms with E-state index in [2.05, 4.69) is 204 Å². The number of Topliss-reactive ketones (excluding diaryl/α,β-unsaturated/α-hetero) is 5. The Balaban J connectivity index is 0.000000131. The molecular formula is C112H149N25O10. The molecule has 10 aliphatic heterocycles.